The van der Waals surface area contributed by atoms with Crippen molar-refractivity contribution in [3.8, 4) is 5.75 Å². The Morgan fingerprint density at radius 2 is 1.69 bits per heavy atom. The third-order valence-corrected chi connectivity index (χ3v) is 5.82. The molecule has 188 valence electrons. The maximum atomic E-state index is 14.4. The minimum atomic E-state index is -0.850. The highest BCUT2D eigenvalue weighted by Crippen LogP contribution is 2.36. The van der Waals surface area contributed by atoms with Gasteiger partial charge in [-0.3, -0.25) is 4.90 Å². The van der Waals surface area contributed by atoms with E-state index in [-0.39, 0.29) is 46.6 Å². The van der Waals surface area contributed by atoms with Gasteiger partial charge in [0.2, 0.25) is 0 Å². The van der Waals surface area contributed by atoms with Crippen LogP contribution in [0.3, 0.4) is 0 Å². The number of thiophene rings is 1. The molecule has 35 heavy (non-hydrogen) atoms. The molecule has 11 heteroatoms. The molecular formula is C24H26ClF2N3O4S. The van der Waals surface area contributed by atoms with Gasteiger partial charge in [-0.2, -0.15) is 0 Å². The third-order valence-electron chi connectivity index (χ3n) is 4.77. The summed E-state index contributed by atoms with van der Waals surface area (Å²) in [6, 6.07) is 9.93. The van der Waals surface area contributed by atoms with Gasteiger partial charge in [0.25, 0.3) is 0 Å². The quantitative estimate of drug-likeness (QED) is 0.238. The summed E-state index contributed by atoms with van der Waals surface area (Å²) in [5.41, 5.74) is 6.51. The number of hydrogen-bond donors (Lipinski definition) is 1. The SMILES string of the molecule is CCOC(=O)N(Cc1c(F)cccc1F)c1scc(CN(C)C)c1C(=O)Oc1ccccc1N.Cl. The summed E-state index contributed by atoms with van der Waals surface area (Å²) in [6.45, 7) is 1.52. The van der Waals surface area contributed by atoms with Gasteiger partial charge in [0.15, 0.2) is 5.75 Å². The van der Waals surface area contributed by atoms with Gasteiger partial charge in [0.1, 0.15) is 16.6 Å². The van der Waals surface area contributed by atoms with Crippen molar-refractivity contribution in [2.45, 2.75) is 20.0 Å². The van der Waals surface area contributed by atoms with Gasteiger partial charge in [-0.25, -0.2) is 18.4 Å². The number of esters is 1. The molecule has 3 aromatic rings. The number of carbonyl (C=O) groups is 2. The molecule has 0 aliphatic rings. The van der Waals surface area contributed by atoms with Crippen molar-refractivity contribution < 1.29 is 27.8 Å². The molecule has 3 rings (SSSR count). The average molecular weight is 526 g/mol. The molecule has 2 aromatic carbocycles. The smallest absolute Gasteiger partial charge is 0.415 e. The van der Waals surface area contributed by atoms with Gasteiger partial charge in [0.05, 0.1) is 24.4 Å². The topological polar surface area (TPSA) is 85.1 Å². The van der Waals surface area contributed by atoms with E-state index in [4.69, 9.17) is 15.2 Å². The summed E-state index contributed by atoms with van der Waals surface area (Å²) < 4.78 is 39.5. The Labute approximate surface area is 212 Å². The fourth-order valence-electron chi connectivity index (χ4n) is 3.24. The first kappa shape index (κ1) is 28.0. The van der Waals surface area contributed by atoms with E-state index < -0.39 is 30.2 Å². The number of rotatable bonds is 8. The van der Waals surface area contributed by atoms with Crippen molar-refractivity contribution in [1.82, 2.24) is 4.90 Å². The Hall–Kier alpha value is -3.21. The van der Waals surface area contributed by atoms with Gasteiger partial charge in [0, 0.05) is 12.1 Å². The summed E-state index contributed by atoms with van der Waals surface area (Å²) in [6.07, 6.45) is -0.850. The molecule has 2 N–H and O–H groups in total. The zero-order valence-corrected chi connectivity index (χ0v) is 21.1. The lowest BCUT2D eigenvalue weighted by molar-refractivity contribution is 0.0735. The fourth-order valence-corrected chi connectivity index (χ4v) is 4.29. The molecule has 1 amide bonds. The lowest BCUT2D eigenvalue weighted by atomic mass is 10.1. The van der Waals surface area contributed by atoms with Crippen LogP contribution in [0.4, 0.5) is 24.3 Å². The van der Waals surface area contributed by atoms with E-state index in [9.17, 15) is 18.4 Å². The van der Waals surface area contributed by atoms with Crippen LogP contribution in [-0.4, -0.2) is 37.7 Å². The largest absolute Gasteiger partial charge is 0.449 e. The maximum Gasteiger partial charge on any atom is 0.415 e. The van der Waals surface area contributed by atoms with Crippen molar-refractivity contribution in [2.75, 3.05) is 31.3 Å². The number of carbonyl (C=O) groups excluding carboxylic acids is 2. The van der Waals surface area contributed by atoms with E-state index >= 15 is 0 Å². The molecule has 1 heterocycles. The van der Waals surface area contributed by atoms with Gasteiger partial charge in [-0.1, -0.05) is 18.2 Å². The second kappa shape index (κ2) is 12.5. The van der Waals surface area contributed by atoms with Crippen molar-refractivity contribution in [1.29, 1.82) is 0 Å². The van der Waals surface area contributed by atoms with Crippen molar-refractivity contribution >= 4 is 46.5 Å². The zero-order chi connectivity index (χ0) is 24.8. The van der Waals surface area contributed by atoms with E-state index in [1.165, 1.54) is 6.07 Å². The molecular weight excluding hydrogens is 500 g/mol. The van der Waals surface area contributed by atoms with Crippen LogP contribution in [0.2, 0.25) is 0 Å². The highest BCUT2D eigenvalue weighted by atomic mass is 35.5. The van der Waals surface area contributed by atoms with Gasteiger partial charge in [-0.05, 0) is 56.2 Å². The summed E-state index contributed by atoms with van der Waals surface area (Å²) in [5.74, 6) is -2.24. The van der Waals surface area contributed by atoms with Crippen LogP contribution in [0, 0.1) is 11.6 Å². The number of para-hydroxylation sites is 2. The number of anilines is 2. The monoisotopic (exact) mass is 525 g/mol. The number of ether oxygens (including phenoxy) is 2. The first-order valence-electron chi connectivity index (χ1n) is 10.4. The van der Waals surface area contributed by atoms with Gasteiger partial charge >= 0.3 is 12.1 Å². The van der Waals surface area contributed by atoms with Crippen molar-refractivity contribution in [3.63, 3.8) is 0 Å². The number of nitrogen functional groups attached to an aromatic ring is 1. The van der Waals surface area contributed by atoms with Crippen LogP contribution in [-0.2, 0) is 17.8 Å². The Bertz CT molecular complexity index is 1170. The normalized spacial score (nSPS) is 10.6. The van der Waals surface area contributed by atoms with E-state index in [1.54, 1.807) is 36.6 Å². The standard InChI is InChI=1S/C24H25F2N3O4S.ClH/c1-4-32-24(31)29(13-16-17(25)8-7-9-18(16)26)22-21(15(14-34-22)12-28(2)3)23(30)33-20-11-6-5-10-19(20)27;/h5-11,14H,4,12-13,27H2,1-3H3;1H. The number of halogens is 3. The predicted molar refractivity (Wildman–Crippen MR) is 134 cm³/mol. The van der Waals surface area contributed by atoms with Crippen molar-refractivity contribution in [3.05, 3.63) is 76.2 Å². The second-order valence-corrected chi connectivity index (χ2v) is 8.45. The highest BCUT2D eigenvalue weighted by molar-refractivity contribution is 7.15. The van der Waals surface area contributed by atoms with E-state index in [0.717, 1.165) is 28.4 Å². The molecule has 0 aliphatic heterocycles. The molecule has 0 spiro atoms. The summed E-state index contributed by atoms with van der Waals surface area (Å²) in [7, 11) is 3.64. The molecule has 1 aromatic heterocycles. The molecule has 0 radical (unpaired) electrons. The van der Waals surface area contributed by atoms with Crippen LogP contribution < -0.4 is 15.4 Å². The molecule has 0 saturated heterocycles. The Morgan fingerprint density at radius 3 is 2.29 bits per heavy atom. The first-order chi connectivity index (χ1) is 16.2. The number of benzene rings is 2. The predicted octanol–water partition coefficient (Wildman–Crippen LogP) is 5.47. The molecule has 0 unspecified atom stereocenters. The molecule has 0 atom stereocenters. The molecule has 0 saturated carbocycles. The van der Waals surface area contributed by atoms with E-state index in [0.29, 0.717) is 12.1 Å². The number of nitrogens with zero attached hydrogens (tertiary/aromatic N) is 2. The summed E-state index contributed by atoms with van der Waals surface area (Å²) in [4.78, 5) is 29.1. The maximum absolute atomic E-state index is 14.4. The van der Waals surface area contributed by atoms with Gasteiger partial charge in [-0.15, -0.1) is 23.7 Å². The third kappa shape index (κ3) is 6.68. The molecule has 0 aliphatic carbocycles. The second-order valence-electron chi connectivity index (χ2n) is 7.59. The Kier molecular flexibility index (Phi) is 10.00. The van der Waals surface area contributed by atoms with E-state index in [2.05, 4.69) is 0 Å². The minimum absolute atomic E-state index is 0. The summed E-state index contributed by atoms with van der Waals surface area (Å²) >= 11 is 1.08. The molecule has 0 bridgehead atoms. The van der Waals surface area contributed by atoms with Crippen LogP contribution >= 0.6 is 23.7 Å². The number of hydrogen-bond acceptors (Lipinski definition) is 7. The lowest BCUT2D eigenvalue weighted by Gasteiger charge is -2.23. The van der Waals surface area contributed by atoms with Crippen LogP contribution in [0.25, 0.3) is 0 Å². The average Bonchev–Trinajstić information content (AvgIpc) is 3.17. The highest BCUT2D eigenvalue weighted by Gasteiger charge is 2.30. The van der Waals surface area contributed by atoms with Crippen LogP contribution in [0.5, 0.6) is 5.75 Å². The van der Waals surface area contributed by atoms with Crippen LogP contribution in [0.15, 0.2) is 47.8 Å². The number of nitrogens with two attached hydrogens (primary N) is 1. The molecule has 7 nitrogen and oxygen atoms in total. The lowest BCUT2D eigenvalue weighted by Crippen LogP contribution is -2.33. The van der Waals surface area contributed by atoms with Crippen molar-refractivity contribution in [2.24, 2.45) is 0 Å². The first-order valence-corrected chi connectivity index (χ1v) is 11.3. The Morgan fingerprint density at radius 1 is 1.03 bits per heavy atom. The fraction of sp³-hybridized carbons (Fsp3) is 0.250. The van der Waals surface area contributed by atoms with E-state index in [1.807, 2.05) is 19.0 Å². The minimum Gasteiger partial charge on any atom is -0.449 e. The number of amides is 1. The van der Waals surface area contributed by atoms with Gasteiger partial charge < -0.3 is 20.1 Å². The Balaban J connectivity index is 0.00000432. The van der Waals surface area contributed by atoms with Crippen LogP contribution in [0.1, 0.15) is 28.4 Å². The zero-order valence-electron chi connectivity index (χ0n) is 19.4. The molecule has 0 fully saturated rings. The summed E-state index contributed by atoms with van der Waals surface area (Å²) in [5, 5.41) is 1.85.